The Hall–Kier alpha value is -0.220. The summed E-state index contributed by atoms with van der Waals surface area (Å²) in [5.41, 5.74) is 0. The molecule has 0 spiro atoms. The first-order chi connectivity index (χ1) is 4.20. The summed E-state index contributed by atoms with van der Waals surface area (Å²) >= 11 is 7.62. The van der Waals surface area contributed by atoms with Gasteiger partial charge in [-0.2, -0.15) is 0 Å². The van der Waals surface area contributed by atoms with Gasteiger partial charge >= 0.3 is 0 Å². The molecule has 0 aliphatic carbocycles. The number of hydrogen-bond acceptors (Lipinski definition) is 1. The van der Waals surface area contributed by atoms with Crippen LogP contribution in [-0.2, 0) is 0 Å². The molecule has 0 saturated carbocycles. The summed E-state index contributed by atoms with van der Waals surface area (Å²) in [4.78, 5) is 2.67. The molecule has 0 amide bonds. The van der Waals surface area contributed by atoms with Crippen LogP contribution in [0.4, 0.5) is 4.39 Å². The molecule has 1 nitrogen and oxygen atoms in total. The maximum absolute atomic E-state index is 12.4. The minimum Gasteiger partial charge on any atom is -0.352 e. The Morgan fingerprint density at radius 2 is 2.33 bits per heavy atom. The highest BCUT2D eigenvalue weighted by atomic mass is 79.9. The summed E-state index contributed by atoms with van der Waals surface area (Å²) in [6, 6.07) is 1.25. The first-order valence-corrected chi connectivity index (χ1v) is 3.44. The summed E-state index contributed by atoms with van der Waals surface area (Å²) in [5.74, 6) is -0.334. The van der Waals surface area contributed by atoms with E-state index in [9.17, 15) is 4.39 Å². The van der Waals surface area contributed by atoms with Crippen LogP contribution in [0.15, 0.2) is 16.7 Å². The van der Waals surface area contributed by atoms with Gasteiger partial charge in [-0.25, -0.2) is 4.39 Å². The summed E-state index contributed by atoms with van der Waals surface area (Å²) in [6.07, 6.45) is 1.47. The molecule has 48 valence electrons. The highest BCUT2D eigenvalue weighted by molar-refractivity contribution is 9.10. The molecule has 4 heteroatoms. The molecule has 0 bridgehead atoms. The van der Waals surface area contributed by atoms with Crippen LogP contribution >= 0.6 is 28.1 Å². The van der Waals surface area contributed by atoms with Gasteiger partial charge in [0, 0.05) is 12.3 Å². The third-order valence-electron chi connectivity index (χ3n) is 0.827. The Bertz CT molecular complexity index is 270. The van der Waals surface area contributed by atoms with Gasteiger partial charge in [0.05, 0.1) is 4.47 Å². The van der Waals surface area contributed by atoms with E-state index in [1.165, 1.54) is 12.3 Å². The molecule has 0 atom stereocenters. The van der Waals surface area contributed by atoms with Gasteiger partial charge in [0.15, 0.2) is 0 Å². The number of pyridine rings is 1. The zero-order valence-electron chi connectivity index (χ0n) is 4.32. The Kier molecular flexibility index (Phi) is 1.97. The smallest absolute Gasteiger partial charge is 0.141 e. The van der Waals surface area contributed by atoms with Crippen molar-refractivity contribution < 1.29 is 4.39 Å². The van der Waals surface area contributed by atoms with Crippen LogP contribution in [0.2, 0.25) is 0 Å². The lowest BCUT2D eigenvalue weighted by Gasteiger charge is -1.89. The fourth-order valence-corrected chi connectivity index (χ4v) is 0.820. The van der Waals surface area contributed by atoms with Gasteiger partial charge in [-0.3, -0.25) is 0 Å². The number of rotatable bonds is 0. The molecule has 0 unspecified atom stereocenters. The van der Waals surface area contributed by atoms with Crippen LogP contribution in [0.3, 0.4) is 0 Å². The van der Waals surface area contributed by atoms with Gasteiger partial charge in [0.2, 0.25) is 0 Å². The van der Waals surface area contributed by atoms with Gasteiger partial charge in [-0.15, -0.1) is 0 Å². The van der Waals surface area contributed by atoms with Crippen LogP contribution < -0.4 is 0 Å². The van der Waals surface area contributed by atoms with E-state index in [2.05, 4.69) is 33.1 Å². The average Bonchev–Trinajstić information content (AvgIpc) is 1.80. The van der Waals surface area contributed by atoms with E-state index >= 15 is 0 Å². The van der Waals surface area contributed by atoms with E-state index in [1.54, 1.807) is 0 Å². The molecule has 0 aliphatic rings. The lowest BCUT2D eigenvalue weighted by Crippen LogP contribution is -1.78. The third-order valence-corrected chi connectivity index (χ3v) is 1.67. The maximum Gasteiger partial charge on any atom is 0.141 e. The number of halogens is 2. The quantitative estimate of drug-likeness (QED) is 0.648. The van der Waals surface area contributed by atoms with Crippen LogP contribution in [0.5, 0.6) is 0 Å². The lowest BCUT2D eigenvalue weighted by atomic mass is 10.5. The predicted molar refractivity (Wildman–Crippen MR) is 39.3 cm³/mol. The third kappa shape index (κ3) is 1.59. The number of aromatic nitrogens is 1. The molecule has 0 aromatic carbocycles. The summed E-state index contributed by atoms with van der Waals surface area (Å²) in [5, 5.41) is 0. The molecule has 0 aliphatic heterocycles. The van der Waals surface area contributed by atoms with E-state index in [-0.39, 0.29) is 5.82 Å². The zero-order valence-corrected chi connectivity index (χ0v) is 6.72. The molecular formula is C5H3BrFNS. The molecule has 1 heterocycles. The predicted octanol–water partition coefficient (Wildman–Crippen LogP) is 2.65. The SMILES string of the molecule is Fc1cc(=S)[nH]cc1Br. The van der Waals surface area contributed by atoms with Crippen molar-refractivity contribution in [3.05, 3.63) is 27.2 Å². The Balaban J connectivity index is 3.34. The van der Waals surface area contributed by atoms with Crippen molar-refractivity contribution in [2.75, 3.05) is 0 Å². The lowest BCUT2D eigenvalue weighted by molar-refractivity contribution is 0.618. The minimum absolute atomic E-state index is 0.334. The molecule has 1 N–H and O–H groups in total. The first-order valence-electron chi connectivity index (χ1n) is 2.24. The highest BCUT2D eigenvalue weighted by Crippen LogP contribution is 2.11. The second kappa shape index (κ2) is 2.58. The van der Waals surface area contributed by atoms with Gasteiger partial charge in [-0.1, -0.05) is 12.2 Å². The Labute approximate surface area is 65.0 Å². The molecular weight excluding hydrogens is 205 g/mol. The standard InChI is InChI=1S/C5H3BrFNS/c6-3-2-8-5(9)1-4(3)7/h1-2H,(H,8,9). The summed E-state index contributed by atoms with van der Waals surface area (Å²) < 4.78 is 13.2. The van der Waals surface area contributed by atoms with Crippen LogP contribution in [-0.4, -0.2) is 4.98 Å². The molecule has 1 rings (SSSR count). The van der Waals surface area contributed by atoms with Gasteiger partial charge < -0.3 is 4.98 Å². The van der Waals surface area contributed by atoms with E-state index in [4.69, 9.17) is 0 Å². The largest absolute Gasteiger partial charge is 0.352 e. The van der Waals surface area contributed by atoms with E-state index < -0.39 is 0 Å². The highest BCUT2D eigenvalue weighted by Gasteiger charge is 1.93. The average molecular weight is 208 g/mol. The molecule has 1 aromatic rings. The Morgan fingerprint density at radius 1 is 1.67 bits per heavy atom. The first kappa shape index (κ1) is 6.89. The van der Waals surface area contributed by atoms with Crippen LogP contribution in [0.1, 0.15) is 0 Å². The van der Waals surface area contributed by atoms with Gasteiger partial charge in [-0.05, 0) is 15.9 Å². The van der Waals surface area contributed by atoms with Crippen molar-refractivity contribution in [1.29, 1.82) is 0 Å². The molecule has 0 fully saturated rings. The molecule has 1 aromatic heterocycles. The number of H-pyrrole nitrogens is 1. The van der Waals surface area contributed by atoms with Crippen molar-refractivity contribution in [1.82, 2.24) is 4.98 Å². The minimum atomic E-state index is -0.334. The summed E-state index contributed by atoms with van der Waals surface area (Å²) in [6.45, 7) is 0. The number of hydrogen-bond donors (Lipinski definition) is 1. The van der Waals surface area contributed by atoms with Crippen molar-refractivity contribution in [3.63, 3.8) is 0 Å². The van der Waals surface area contributed by atoms with Crippen LogP contribution in [0, 0.1) is 10.5 Å². The maximum atomic E-state index is 12.4. The zero-order chi connectivity index (χ0) is 6.85. The monoisotopic (exact) mass is 207 g/mol. The van der Waals surface area contributed by atoms with E-state index in [0.29, 0.717) is 9.11 Å². The molecule has 9 heavy (non-hydrogen) atoms. The van der Waals surface area contributed by atoms with Crippen molar-refractivity contribution in [2.24, 2.45) is 0 Å². The fourth-order valence-electron chi connectivity index (χ4n) is 0.429. The molecule has 0 radical (unpaired) electrons. The normalized spacial score (nSPS) is 9.56. The van der Waals surface area contributed by atoms with Crippen molar-refractivity contribution in [2.45, 2.75) is 0 Å². The van der Waals surface area contributed by atoms with Crippen molar-refractivity contribution >= 4 is 28.1 Å². The second-order valence-electron chi connectivity index (χ2n) is 1.49. The molecule has 0 saturated heterocycles. The fraction of sp³-hybridized carbons (Fsp3) is 0. The number of aromatic amines is 1. The number of nitrogens with one attached hydrogen (secondary N) is 1. The second-order valence-corrected chi connectivity index (χ2v) is 2.79. The van der Waals surface area contributed by atoms with Gasteiger partial charge in [0.1, 0.15) is 10.5 Å². The van der Waals surface area contributed by atoms with E-state index in [0.717, 1.165) is 0 Å². The van der Waals surface area contributed by atoms with Crippen LogP contribution in [0.25, 0.3) is 0 Å². The summed E-state index contributed by atoms with van der Waals surface area (Å²) in [7, 11) is 0. The van der Waals surface area contributed by atoms with E-state index in [1.807, 2.05) is 0 Å². The van der Waals surface area contributed by atoms with Gasteiger partial charge in [0.25, 0.3) is 0 Å². The Morgan fingerprint density at radius 3 is 2.78 bits per heavy atom. The van der Waals surface area contributed by atoms with Crippen molar-refractivity contribution in [3.8, 4) is 0 Å². The topological polar surface area (TPSA) is 15.8 Å².